The molecule has 0 radical (unpaired) electrons. The third kappa shape index (κ3) is 5.40. The molecule has 0 saturated carbocycles. The van der Waals surface area contributed by atoms with Gasteiger partial charge < -0.3 is 4.74 Å². The van der Waals surface area contributed by atoms with Gasteiger partial charge in [0.1, 0.15) is 12.4 Å². The van der Waals surface area contributed by atoms with Gasteiger partial charge >= 0.3 is 6.36 Å². The first-order valence-electron chi connectivity index (χ1n) is 5.62. The monoisotopic (exact) mass is 262 g/mol. The summed E-state index contributed by atoms with van der Waals surface area (Å²) < 4.78 is 43.8. The second-order valence-corrected chi connectivity index (χ2v) is 4.92. The van der Waals surface area contributed by atoms with Gasteiger partial charge in [0, 0.05) is 0 Å². The molecule has 18 heavy (non-hydrogen) atoms. The molecule has 0 saturated heterocycles. The van der Waals surface area contributed by atoms with Crippen LogP contribution in [0.3, 0.4) is 0 Å². The van der Waals surface area contributed by atoms with E-state index in [-0.39, 0.29) is 12.0 Å². The minimum Gasteiger partial charge on any atom is -0.491 e. The van der Waals surface area contributed by atoms with Crippen LogP contribution in [0.4, 0.5) is 13.2 Å². The van der Waals surface area contributed by atoms with Gasteiger partial charge in [-0.1, -0.05) is 32.9 Å². The van der Waals surface area contributed by atoms with Gasteiger partial charge in [-0.15, -0.1) is 13.2 Å². The molecule has 0 aliphatic carbocycles. The molecule has 0 heterocycles. The lowest BCUT2D eigenvalue weighted by atomic mass is 9.87. The Bertz CT molecular complexity index is 363. The fourth-order valence-electron chi connectivity index (χ4n) is 1.37. The van der Waals surface area contributed by atoms with Gasteiger partial charge in [-0.25, -0.2) is 0 Å². The maximum Gasteiger partial charge on any atom is 0.522 e. The van der Waals surface area contributed by atoms with Gasteiger partial charge in [0.05, 0.1) is 6.61 Å². The highest BCUT2D eigenvalue weighted by Crippen LogP contribution is 2.24. The van der Waals surface area contributed by atoms with Crippen LogP contribution in [0.15, 0.2) is 24.3 Å². The van der Waals surface area contributed by atoms with Gasteiger partial charge in [-0.2, -0.15) is 0 Å². The SMILES string of the molecule is CC(C)(C)c1ccc(OCCOC(F)(F)F)cc1. The number of hydrogen-bond donors (Lipinski definition) is 0. The molecule has 102 valence electrons. The first-order valence-corrected chi connectivity index (χ1v) is 5.62. The summed E-state index contributed by atoms with van der Waals surface area (Å²) in [6, 6.07) is 7.29. The number of alkyl halides is 3. The first-order chi connectivity index (χ1) is 8.18. The van der Waals surface area contributed by atoms with Crippen LogP contribution in [-0.2, 0) is 10.2 Å². The highest BCUT2D eigenvalue weighted by molar-refractivity contribution is 5.31. The van der Waals surface area contributed by atoms with E-state index < -0.39 is 13.0 Å². The van der Waals surface area contributed by atoms with Crippen molar-refractivity contribution in [2.45, 2.75) is 32.5 Å². The average molecular weight is 262 g/mol. The number of ether oxygens (including phenoxy) is 2. The largest absolute Gasteiger partial charge is 0.522 e. The van der Waals surface area contributed by atoms with Crippen LogP contribution in [0.5, 0.6) is 5.75 Å². The zero-order valence-corrected chi connectivity index (χ0v) is 10.7. The lowest BCUT2D eigenvalue weighted by Crippen LogP contribution is -2.18. The maximum atomic E-state index is 11.7. The molecule has 0 aliphatic rings. The van der Waals surface area contributed by atoms with Crippen molar-refractivity contribution in [2.24, 2.45) is 0 Å². The smallest absolute Gasteiger partial charge is 0.491 e. The van der Waals surface area contributed by atoms with E-state index in [1.165, 1.54) is 0 Å². The maximum absolute atomic E-state index is 11.7. The van der Waals surface area contributed by atoms with E-state index in [1.54, 1.807) is 12.1 Å². The van der Waals surface area contributed by atoms with Crippen molar-refractivity contribution >= 4 is 0 Å². The van der Waals surface area contributed by atoms with E-state index in [1.807, 2.05) is 12.1 Å². The summed E-state index contributed by atoms with van der Waals surface area (Å²) in [4.78, 5) is 0. The summed E-state index contributed by atoms with van der Waals surface area (Å²) in [7, 11) is 0. The minimum atomic E-state index is -4.60. The van der Waals surface area contributed by atoms with E-state index in [9.17, 15) is 13.2 Å². The van der Waals surface area contributed by atoms with Crippen LogP contribution in [-0.4, -0.2) is 19.6 Å². The van der Waals surface area contributed by atoms with E-state index in [4.69, 9.17) is 4.74 Å². The fraction of sp³-hybridized carbons (Fsp3) is 0.538. The van der Waals surface area contributed by atoms with Crippen molar-refractivity contribution in [3.63, 3.8) is 0 Å². The Morgan fingerprint density at radius 2 is 1.50 bits per heavy atom. The highest BCUT2D eigenvalue weighted by Gasteiger charge is 2.28. The second kappa shape index (κ2) is 5.61. The van der Waals surface area contributed by atoms with Crippen LogP contribution < -0.4 is 4.74 Å². The molecule has 0 aromatic heterocycles. The third-order valence-corrected chi connectivity index (χ3v) is 2.34. The topological polar surface area (TPSA) is 18.5 Å². The number of rotatable bonds is 4. The average Bonchev–Trinajstić information content (AvgIpc) is 2.22. The van der Waals surface area contributed by atoms with E-state index >= 15 is 0 Å². The Labute approximate surface area is 105 Å². The summed E-state index contributed by atoms with van der Waals surface area (Å²) in [5, 5.41) is 0. The Morgan fingerprint density at radius 1 is 0.944 bits per heavy atom. The molecule has 0 atom stereocenters. The Hall–Kier alpha value is -1.23. The lowest BCUT2D eigenvalue weighted by molar-refractivity contribution is -0.325. The lowest BCUT2D eigenvalue weighted by Gasteiger charge is -2.19. The third-order valence-electron chi connectivity index (χ3n) is 2.34. The minimum absolute atomic E-state index is 0.0396. The number of halogens is 3. The van der Waals surface area contributed by atoms with Gasteiger partial charge in [0.25, 0.3) is 0 Å². The first kappa shape index (κ1) is 14.8. The molecule has 0 aliphatic heterocycles. The van der Waals surface area contributed by atoms with Crippen molar-refractivity contribution < 1.29 is 22.6 Å². The molecule has 0 spiro atoms. The normalized spacial score (nSPS) is 12.6. The summed E-state index contributed by atoms with van der Waals surface area (Å²) in [6.45, 7) is 5.61. The second-order valence-electron chi connectivity index (χ2n) is 4.92. The number of benzene rings is 1. The molecule has 1 rings (SSSR count). The van der Waals surface area contributed by atoms with E-state index in [2.05, 4.69) is 25.5 Å². The van der Waals surface area contributed by atoms with Gasteiger partial charge in [0.15, 0.2) is 0 Å². The molecule has 2 nitrogen and oxygen atoms in total. The summed E-state index contributed by atoms with van der Waals surface area (Å²) in [6.07, 6.45) is -4.60. The molecule has 0 bridgehead atoms. The van der Waals surface area contributed by atoms with Crippen molar-refractivity contribution in [3.8, 4) is 5.75 Å². The summed E-state index contributed by atoms with van der Waals surface area (Å²) >= 11 is 0. The molecular formula is C13H17F3O2. The molecule has 0 N–H and O–H groups in total. The highest BCUT2D eigenvalue weighted by atomic mass is 19.4. The van der Waals surface area contributed by atoms with Crippen molar-refractivity contribution in [2.75, 3.05) is 13.2 Å². The van der Waals surface area contributed by atoms with Crippen molar-refractivity contribution in [1.82, 2.24) is 0 Å². The predicted octanol–water partition coefficient (Wildman–Crippen LogP) is 3.90. The standard InChI is InChI=1S/C13H17F3O2/c1-12(2,3)10-4-6-11(7-5-10)17-8-9-18-13(14,15)16/h4-7H,8-9H2,1-3H3. The van der Waals surface area contributed by atoms with Gasteiger partial charge in [0.2, 0.25) is 0 Å². The number of hydrogen-bond acceptors (Lipinski definition) is 2. The zero-order valence-electron chi connectivity index (χ0n) is 10.7. The quantitative estimate of drug-likeness (QED) is 0.766. The van der Waals surface area contributed by atoms with Crippen LogP contribution >= 0.6 is 0 Å². The van der Waals surface area contributed by atoms with Crippen LogP contribution in [0.25, 0.3) is 0 Å². The van der Waals surface area contributed by atoms with E-state index in [0.29, 0.717) is 5.75 Å². The van der Waals surface area contributed by atoms with Crippen LogP contribution in [0, 0.1) is 0 Å². The van der Waals surface area contributed by atoms with Crippen LogP contribution in [0.2, 0.25) is 0 Å². The summed E-state index contributed by atoms with van der Waals surface area (Å²) in [5.41, 5.74) is 1.18. The van der Waals surface area contributed by atoms with Crippen molar-refractivity contribution in [1.29, 1.82) is 0 Å². The zero-order chi connectivity index (χ0) is 13.8. The van der Waals surface area contributed by atoms with Gasteiger partial charge in [-0.3, -0.25) is 4.74 Å². The summed E-state index contributed by atoms with van der Waals surface area (Å²) in [5.74, 6) is 0.536. The predicted molar refractivity (Wildman–Crippen MR) is 62.6 cm³/mol. The molecular weight excluding hydrogens is 245 g/mol. The van der Waals surface area contributed by atoms with Gasteiger partial charge in [-0.05, 0) is 23.1 Å². The molecule has 1 aromatic carbocycles. The fourth-order valence-corrected chi connectivity index (χ4v) is 1.37. The molecule has 0 unspecified atom stereocenters. The van der Waals surface area contributed by atoms with Crippen LogP contribution in [0.1, 0.15) is 26.3 Å². The Balaban J connectivity index is 2.41. The molecule has 0 fully saturated rings. The Kier molecular flexibility index (Phi) is 4.62. The van der Waals surface area contributed by atoms with E-state index in [0.717, 1.165) is 5.56 Å². The Morgan fingerprint density at radius 3 is 1.94 bits per heavy atom. The molecule has 0 amide bonds. The molecule has 1 aromatic rings. The molecule has 5 heteroatoms. The van der Waals surface area contributed by atoms with Crippen molar-refractivity contribution in [3.05, 3.63) is 29.8 Å².